The van der Waals surface area contributed by atoms with Crippen molar-refractivity contribution in [3.05, 3.63) is 23.8 Å². The van der Waals surface area contributed by atoms with E-state index in [-0.39, 0.29) is 11.7 Å². The third-order valence-electron chi connectivity index (χ3n) is 2.76. The lowest BCUT2D eigenvalue weighted by Gasteiger charge is -2.16. The van der Waals surface area contributed by atoms with Gasteiger partial charge in [0.15, 0.2) is 0 Å². The van der Waals surface area contributed by atoms with Crippen LogP contribution < -0.4 is 5.32 Å². The third kappa shape index (κ3) is 3.09. The summed E-state index contributed by atoms with van der Waals surface area (Å²) in [7, 11) is 0. The van der Waals surface area contributed by atoms with Gasteiger partial charge in [0, 0.05) is 17.7 Å². The summed E-state index contributed by atoms with van der Waals surface area (Å²) in [5.41, 5.74) is 1.99. The van der Waals surface area contributed by atoms with Gasteiger partial charge in [-0.1, -0.05) is 13.0 Å². The summed E-state index contributed by atoms with van der Waals surface area (Å²) in [5, 5.41) is 2.86. The largest absolute Gasteiger partial charge is 0.324 e. The first-order valence-electron chi connectivity index (χ1n) is 5.76. The van der Waals surface area contributed by atoms with Crippen LogP contribution in [0.1, 0.15) is 25.3 Å². The molecule has 0 spiro atoms. The molecule has 1 heterocycles. The van der Waals surface area contributed by atoms with Crippen molar-refractivity contribution in [3.63, 3.8) is 0 Å². The van der Waals surface area contributed by atoms with E-state index < -0.39 is 0 Å². The molecule has 2 rings (SSSR count). The number of hydrogen-bond donors (Lipinski definition) is 1. The van der Waals surface area contributed by atoms with E-state index in [1.807, 2.05) is 25.1 Å². The molecule has 17 heavy (non-hydrogen) atoms. The summed E-state index contributed by atoms with van der Waals surface area (Å²) < 4.78 is 0. The van der Waals surface area contributed by atoms with Crippen molar-refractivity contribution in [2.24, 2.45) is 0 Å². The Balaban J connectivity index is 2.07. The zero-order chi connectivity index (χ0) is 12.3. The average Bonchev–Trinajstić information content (AvgIpc) is 2.35. The molecule has 1 aromatic rings. The predicted molar refractivity (Wildman–Crippen MR) is 69.4 cm³/mol. The molecule has 0 aromatic heterocycles. The van der Waals surface area contributed by atoms with Crippen molar-refractivity contribution in [1.82, 2.24) is 0 Å². The van der Waals surface area contributed by atoms with Crippen molar-refractivity contribution < 1.29 is 9.59 Å². The van der Waals surface area contributed by atoms with Crippen molar-refractivity contribution in [2.45, 2.75) is 31.1 Å². The average molecular weight is 249 g/mol. The summed E-state index contributed by atoms with van der Waals surface area (Å²) in [5.74, 6) is 0.811. The van der Waals surface area contributed by atoms with E-state index in [0.29, 0.717) is 18.6 Å². The molecule has 4 heteroatoms. The maximum Gasteiger partial charge on any atom is 0.234 e. The lowest BCUT2D eigenvalue weighted by atomic mass is 10.1. The third-order valence-corrected chi connectivity index (χ3v) is 3.84. The van der Waals surface area contributed by atoms with Gasteiger partial charge in [0.05, 0.1) is 11.4 Å². The number of ketones is 1. The Morgan fingerprint density at radius 3 is 3.06 bits per heavy atom. The fourth-order valence-electron chi connectivity index (χ4n) is 1.75. The fraction of sp³-hybridized carbons (Fsp3) is 0.385. The molecule has 0 atom stereocenters. The molecule has 0 unspecified atom stereocenters. The molecule has 1 N–H and O–H groups in total. The van der Waals surface area contributed by atoms with Crippen LogP contribution in [0.5, 0.6) is 0 Å². The minimum atomic E-state index is 0.0456. The van der Waals surface area contributed by atoms with Gasteiger partial charge in [0.2, 0.25) is 5.91 Å². The SMILES string of the molecule is CCC(=O)CCc1ccc2c(c1)NC(=O)CS2. The molecule has 1 aliphatic rings. The molecule has 0 radical (unpaired) electrons. The zero-order valence-electron chi connectivity index (χ0n) is 9.79. The standard InChI is InChI=1S/C13H15NO2S/c1-2-10(15)5-3-9-4-6-12-11(7-9)14-13(16)8-17-12/h4,6-7H,2-3,5,8H2,1H3,(H,14,16). The smallest absolute Gasteiger partial charge is 0.234 e. The van der Waals surface area contributed by atoms with E-state index in [1.54, 1.807) is 11.8 Å². The van der Waals surface area contributed by atoms with E-state index in [4.69, 9.17) is 0 Å². The molecule has 1 amide bonds. The minimum Gasteiger partial charge on any atom is -0.324 e. The van der Waals surface area contributed by atoms with Crippen molar-refractivity contribution in [3.8, 4) is 0 Å². The highest BCUT2D eigenvalue weighted by Gasteiger charge is 2.15. The number of benzene rings is 1. The number of carbonyl (C=O) groups excluding carboxylic acids is 2. The lowest BCUT2D eigenvalue weighted by molar-refractivity contribution is -0.118. The normalized spacial score (nSPS) is 14.1. The molecule has 1 aromatic carbocycles. The number of hydrogen-bond acceptors (Lipinski definition) is 3. The molecule has 0 fully saturated rings. The number of amides is 1. The number of nitrogens with one attached hydrogen (secondary N) is 1. The van der Waals surface area contributed by atoms with Crippen LogP contribution >= 0.6 is 11.8 Å². The molecule has 0 saturated heterocycles. The molecule has 90 valence electrons. The maximum absolute atomic E-state index is 11.3. The van der Waals surface area contributed by atoms with Crippen molar-refractivity contribution >= 4 is 29.1 Å². The van der Waals surface area contributed by atoms with E-state index in [2.05, 4.69) is 5.32 Å². The molecular weight excluding hydrogens is 234 g/mol. The van der Waals surface area contributed by atoms with Crippen LogP contribution in [0, 0.1) is 0 Å². The van der Waals surface area contributed by atoms with Gasteiger partial charge in [0.25, 0.3) is 0 Å². The van der Waals surface area contributed by atoms with Crippen molar-refractivity contribution in [1.29, 1.82) is 0 Å². The summed E-state index contributed by atoms with van der Waals surface area (Å²) in [4.78, 5) is 23.6. The summed E-state index contributed by atoms with van der Waals surface area (Å²) in [6.45, 7) is 1.88. The molecule has 0 aliphatic carbocycles. The zero-order valence-corrected chi connectivity index (χ0v) is 10.6. The first kappa shape index (κ1) is 12.2. The molecule has 0 bridgehead atoms. The number of Topliss-reactive ketones (excluding diaryl/α,β-unsaturated/α-hetero) is 1. The number of anilines is 1. The van der Waals surface area contributed by atoms with E-state index in [0.717, 1.165) is 22.6 Å². The first-order valence-corrected chi connectivity index (χ1v) is 6.75. The number of carbonyl (C=O) groups is 2. The van der Waals surface area contributed by atoms with Gasteiger partial charge in [0.1, 0.15) is 5.78 Å². The summed E-state index contributed by atoms with van der Waals surface area (Å²) >= 11 is 1.56. The second-order valence-electron chi connectivity index (χ2n) is 4.06. The van der Waals surface area contributed by atoms with E-state index >= 15 is 0 Å². The van der Waals surface area contributed by atoms with Gasteiger partial charge >= 0.3 is 0 Å². The van der Waals surface area contributed by atoms with Gasteiger partial charge in [-0.3, -0.25) is 9.59 Å². The van der Waals surface area contributed by atoms with Crippen LogP contribution in [0.15, 0.2) is 23.1 Å². The highest BCUT2D eigenvalue weighted by Crippen LogP contribution is 2.32. The van der Waals surface area contributed by atoms with Gasteiger partial charge in [-0.15, -0.1) is 11.8 Å². The van der Waals surface area contributed by atoms with Gasteiger partial charge in [-0.25, -0.2) is 0 Å². The lowest BCUT2D eigenvalue weighted by Crippen LogP contribution is -2.18. The van der Waals surface area contributed by atoms with Gasteiger partial charge < -0.3 is 5.32 Å². The highest BCUT2D eigenvalue weighted by molar-refractivity contribution is 8.00. The molecule has 0 saturated carbocycles. The Labute approximate surface area is 105 Å². The monoisotopic (exact) mass is 249 g/mol. The predicted octanol–water partition coefficient (Wildman–Crippen LogP) is 2.64. The first-order chi connectivity index (χ1) is 8.19. The Morgan fingerprint density at radius 2 is 2.29 bits per heavy atom. The van der Waals surface area contributed by atoms with E-state index in [9.17, 15) is 9.59 Å². The van der Waals surface area contributed by atoms with Gasteiger partial charge in [-0.05, 0) is 24.1 Å². The summed E-state index contributed by atoms with van der Waals surface area (Å²) in [6, 6.07) is 6.03. The quantitative estimate of drug-likeness (QED) is 0.892. The second kappa shape index (κ2) is 5.36. The number of fused-ring (bicyclic) bond motifs is 1. The molecule has 3 nitrogen and oxygen atoms in total. The number of rotatable bonds is 4. The van der Waals surface area contributed by atoms with Crippen LogP contribution in [0.25, 0.3) is 0 Å². The van der Waals surface area contributed by atoms with Crippen molar-refractivity contribution in [2.75, 3.05) is 11.1 Å². The Hall–Kier alpha value is -1.29. The van der Waals surface area contributed by atoms with Crippen LogP contribution in [0.4, 0.5) is 5.69 Å². The Kier molecular flexibility index (Phi) is 3.84. The summed E-state index contributed by atoms with van der Waals surface area (Å²) in [6.07, 6.45) is 1.92. The minimum absolute atomic E-state index is 0.0456. The highest BCUT2D eigenvalue weighted by atomic mass is 32.2. The topological polar surface area (TPSA) is 46.2 Å². The van der Waals surface area contributed by atoms with Crippen LogP contribution in [0.3, 0.4) is 0 Å². The maximum atomic E-state index is 11.3. The molecule has 1 aliphatic heterocycles. The Morgan fingerprint density at radius 1 is 1.47 bits per heavy atom. The van der Waals surface area contributed by atoms with Crippen LogP contribution in [-0.4, -0.2) is 17.4 Å². The second-order valence-corrected chi connectivity index (χ2v) is 5.08. The van der Waals surface area contributed by atoms with Crippen LogP contribution in [0.2, 0.25) is 0 Å². The fourth-order valence-corrected chi connectivity index (χ4v) is 2.53. The van der Waals surface area contributed by atoms with Gasteiger partial charge in [-0.2, -0.15) is 0 Å². The number of aryl methyl sites for hydroxylation is 1. The van der Waals surface area contributed by atoms with Crippen LogP contribution in [-0.2, 0) is 16.0 Å². The number of thioether (sulfide) groups is 1. The molecular formula is C13H15NO2S. The Bertz CT molecular complexity index is 457. The van der Waals surface area contributed by atoms with E-state index in [1.165, 1.54) is 0 Å².